The normalized spacial score (nSPS) is 13.6. The third kappa shape index (κ3) is 7.54. The summed E-state index contributed by atoms with van der Waals surface area (Å²) in [5.74, 6) is -0.465. The van der Waals surface area contributed by atoms with Gasteiger partial charge in [0.1, 0.15) is 6.04 Å². The van der Waals surface area contributed by atoms with Gasteiger partial charge in [-0.1, -0.05) is 53.6 Å². The molecule has 0 spiro atoms. The number of halogens is 2. The molecule has 0 bridgehead atoms. The molecule has 36 heavy (non-hydrogen) atoms. The van der Waals surface area contributed by atoms with Gasteiger partial charge in [-0.05, 0) is 61.1 Å². The van der Waals surface area contributed by atoms with E-state index in [0.717, 1.165) is 17.8 Å². The maximum Gasteiger partial charge on any atom is 1.00 e. The van der Waals surface area contributed by atoms with Gasteiger partial charge in [0.25, 0.3) is 5.91 Å². The number of anilines is 2. The molecular weight excluding hydrogens is 510 g/mol. The van der Waals surface area contributed by atoms with Crippen LogP contribution in [0.5, 0.6) is 0 Å². The molecule has 1 saturated carbocycles. The average Bonchev–Trinajstić information content (AvgIpc) is 3.67. The van der Waals surface area contributed by atoms with Gasteiger partial charge in [0, 0.05) is 24.6 Å². The summed E-state index contributed by atoms with van der Waals surface area (Å²) in [6, 6.07) is 13.2. The number of amides is 1. The van der Waals surface area contributed by atoms with Crippen LogP contribution in [0.15, 0.2) is 67.0 Å². The largest absolute Gasteiger partial charge is 1.00 e. The van der Waals surface area contributed by atoms with E-state index in [1.165, 1.54) is 25.0 Å². The first kappa shape index (κ1) is 28.2. The van der Waals surface area contributed by atoms with Crippen molar-refractivity contribution in [1.82, 2.24) is 15.3 Å². The van der Waals surface area contributed by atoms with Gasteiger partial charge < -0.3 is 16.7 Å². The number of carboxylic acid groups (broad SMARTS) is 1. The Hall–Kier alpha value is -2.42. The number of hydrogen-bond donors (Lipinski definition) is 2. The van der Waals surface area contributed by atoms with E-state index in [4.69, 9.17) is 23.2 Å². The molecule has 1 heterocycles. The molecule has 10 heteroatoms. The van der Waals surface area contributed by atoms with Crippen molar-refractivity contribution in [3.8, 4) is 0 Å². The Balaban J connectivity index is 0.00000241. The first-order valence-corrected chi connectivity index (χ1v) is 12.0. The predicted octanol–water partition coefficient (Wildman–Crippen LogP) is 2.73. The van der Waals surface area contributed by atoms with Gasteiger partial charge in [0.05, 0.1) is 15.6 Å². The van der Waals surface area contributed by atoms with Crippen LogP contribution in [0, 0.1) is 5.92 Å². The summed E-state index contributed by atoms with van der Waals surface area (Å²) < 4.78 is 0. The van der Waals surface area contributed by atoms with Gasteiger partial charge in [0.15, 0.2) is 0 Å². The topological polar surface area (TPSA) is 95.4 Å². The Labute approximate surface area is 243 Å². The number of carbonyl (C=O) groups is 2. The molecule has 2 N–H and O–H groups in total. The molecule has 1 aromatic heterocycles. The van der Waals surface area contributed by atoms with E-state index in [1.807, 2.05) is 30.3 Å². The summed E-state index contributed by atoms with van der Waals surface area (Å²) in [4.78, 5) is 35.1. The van der Waals surface area contributed by atoms with E-state index in [1.54, 1.807) is 30.6 Å². The molecule has 1 fully saturated rings. The molecule has 1 aliphatic carbocycles. The van der Waals surface area contributed by atoms with Gasteiger partial charge >= 0.3 is 35.5 Å². The van der Waals surface area contributed by atoms with Crippen LogP contribution in [0.3, 0.4) is 0 Å². The number of benzene rings is 2. The third-order valence-electron chi connectivity index (χ3n) is 5.61. The molecule has 2 aromatic carbocycles. The van der Waals surface area contributed by atoms with Gasteiger partial charge in [-0.15, -0.1) is 0 Å². The monoisotopic (exact) mass is 534 g/mol. The summed E-state index contributed by atoms with van der Waals surface area (Å²) in [5, 5.41) is 12.4. The first-order valence-electron chi connectivity index (χ1n) is 11.2. The minimum absolute atomic E-state index is 0. The molecule has 1 amide bonds. The second-order valence-electron chi connectivity index (χ2n) is 8.29. The standard InChI is InChI=1S/C26H24Cl2N4O3.Na.H/c27-20-5-2-6-21(28)23(20)24(33)31-22(25(34)35)7-1-4-17-10-12-19(13-11-17)32(16-18-8-9-18)26-29-14-3-15-30-26;;/h1-6,10-15,18,22H,7-9,16H2,(H,31,33)(H,34,35);;/q;+1;-1/b4-1+;;. The van der Waals surface area contributed by atoms with Gasteiger partial charge in [-0.3, -0.25) is 4.79 Å². The number of nitrogens with zero attached hydrogens (tertiary/aromatic N) is 3. The fourth-order valence-corrected chi connectivity index (χ4v) is 4.13. The Bertz CT molecular complexity index is 1210. The zero-order chi connectivity index (χ0) is 24.8. The summed E-state index contributed by atoms with van der Waals surface area (Å²) in [5.41, 5.74) is 1.95. The minimum Gasteiger partial charge on any atom is -1.00 e. The maximum atomic E-state index is 12.6. The summed E-state index contributed by atoms with van der Waals surface area (Å²) in [6.45, 7) is 0.870. The second-order valence-corrected chi connectivity index (χ2v) is 9.11. The Morgan fingerprint density at radius 3 is 2.31 bits per heavy atom. The van der Waals surface area contributed by atoms with Gasteiger partial charge in [0.2, 0.25) is 5.95 Å². The molecule has 1 aliphatic rings. The number of nitrogens with one attached hydrogen (secondary N) is 1. The molecule has 7 nitrogen and oxygen atoms in total. The van der Waals surface area contributed by atoms with E-state index in [0.29, 0.717) is 11.9 Å². The molecule has 3 aromatic rings. The van der Waals surface area contributed by atoms with Crippen LogP contribution in [0.4, 0.5) is 11.6 Å². The maximum absolute atomic E-state index is 12.6. The van der Waals surface area contributed by atoms with Crippen molar-refractivity contribution in [3.05, 3.63) is 88.2 Å². The molecule has 0 aliphatic heterocycles. The number of hydrogen-bond acceptors (Lipinski definition) is 5. The molecular formula is C26H25Cl2N4NaO3. The fourth-order valence-electron chi connectivity index (χ4n) is 3.56. The molecule has 1 unspecified atom stereocenters. The Morgan fingerprint density at radius 1 is 1.08 bits per heavy atom. The van der Waals surface area contributed by atoms with Crippen molar-refractivity contribution in [2.45, 2.75) is 25.3 Å². The van der Waals surface area contributed by atoms with Crippen molar-refractivity contribution in [2.75, 3.05) is 11.4 Å². The predicted molar refractivity (Wildman–Crippen MR) is 138 cm³/mol. The number of rotatable bonds is 10. The molecule has 1 atom stereocenters. The van der Waals surface area contributed by atoms with E-state index in [9.17, 15) is 14.7 Å². The zero-order valence-corrected chi connectivity index (χ0v) is 23.3. The van der Waals surface area contributed by atoms with Crippen LogP contribution in [-0.2, 0) is 4.79 Å². The van der Waals surface area contributed by atoms with E-state index < -0.39 is 17.9 Å². The zero-order valence-electron chi connectivity index (χ0n) is 20.8. The van der Waals surface area contributed by atoms with Gasteiger partial charge in [-0.2, -0.15) is 0 Å². The van der Waals surface area contributed by atoms with Crippen molar-refractivity contribution < 1.29 is 45.7 Å². The van der Waals surface area contributed by atoms with E-state index in [2.05, 4.69) is 20.2 Å². The molecule has 4 rings (SSSR count). The van der Waals surface area contributed by atoms with Crippen LogP contribution in [0.2, 0.25) is 10.0 Å². The van der Waals surface area contributed by atoms with Crippen LogP contribution < -0.4 is 39.8 Å². The van der Waals surface area contributed by atoms with Crippen LogP contribution >= 0.6 is 23.2 Å². The number of carboxylic acids is 1. The number of aromatic nitrogens is 2. The number of aliphatic carboxylic acids is 1. The first-order chi connectivity index (χ1) is 16.9. The Kier molecular flexibility index (Phi) is 10.3. The quantitative estimate of drug-likeness (QED) is 0.388. The van der Waals surface area contributed by atoms with Gasteiger partial charge in [-0.25, -0.2) is 14.8 Å². The van der Waals surface area contributed by atoms with Crippen molar-refractivity contribution in [1.29, 1.82) is 0 Å². The van der Waals surface area contributed by atoms with Crippen LogP contribution in [-0.4, -0.2) is 39.5 Å². The Morgan fingerprint density at radius 2 is 1.72 bits per heavy atom. The summed E-state index contributed by atoms with van der Waals surface area (Å²) in [6.07, 6.45) is 9.52. The van der Waals surface area contributed by atoms with Crippen molar-refractivity contribution in [2.24, 2.45) is 5.92 Å². The SMILES string of the molecule is O=C(NC(C/C=C/c1ccc(N(CC2CC2)c2ncccn2)cc1)C(=O)O)c1c(Cl)cccc1Cl.[H-].[Na+]. The van der Waals surface area contributed by atoms with Crippen molar-refractivity contribution in [3.63, 3.8) is 0 Å². The second kappa shape index (κ2) is 13.2. The average molecular weight is 535 g/mol. The van der Waals surface area contributed by atoms with E-state index >= 15 is 0 Å². The number of carbonyl (C=O) groups excluding carboxylic acids is 1. The van der Waals surface area contributed by atoms with Crippen LogP contribution in [0.25, 0.3) is 6.08 Å². The van der Waals surface area contributed by atoms with E-state index in [-0.39, 0.29) is 53.0 Å². The fraction of sp³-hybridized carbons (Fsp3) is 0.231. The summed E-state index contributed by atoms with van der Waals surface area (Å²) in [7, 11) is 0. The van der Waals surface area contributed by atoms with Crippen molar-refractivity contribution >= 4 is 52.8 Å². The molecule has 182 valence electrons. The summed E-state index contributed by atoms with van der Waals surface area (Å²) >= 11 is 12.1. The molecule has 0 radical (unpaired) electrons. The minimum atomic E-state index is -1.15. The molecule has 0 saturated heterocycles. The third-order valence-corrected chi connectivity index (χ3v) is 6.24. The van der Waals surface area contributed by atoms with Crippen LogP contribution in [0.1, 0.15) is 36.6 Å². The smallest absolute Gasteiger partial charge is 1.00 e.